The van der Waals surface area contributed by atoms with Crippen LogP contribution in [0.4, 0.5) is 0 Å². The lowest BCUT2D eigenvalue weighted by Crippen LogP contribution is -2.43. The maximum atomic E-state index is 12.9. The van der Waals surface area contributed by atoms with Gasteiger partial charge in [-0.3, -0.25) is 9.36 Å². The van der Waals surface area contributed by atoms with E-state index in [1.165, 1.54) is 0 Å². The van der Waals surface area contributed by atoms with Crippen molar-refractivity contribution in [2.24, 2.45) is 0 Å². The van der Waals surface area contributed by atoms with Crippen molar-refractivity contribution in [3.63, 3.8) is 0 Å². The summed E-state index contributed by atoms with van der Waals surface area (Å²) in [7, 11) is 0. The van der Waals surface area contributed by atoms with E-state index in [4.69, 9.17) is 16.3 Å². The number of rotatable bonds is 2. The molecule has 23 heavy (non-hydrogen) atoms. The number of pyridine rings is 1. The molecule has 0 spiro atoms. The summed E-state index contributed by atoms with van der Waals surface area (Å²) in [5, 5.41) is 8.91. The van der Waals surface area contributed by atoms with Crippen molar-refractivity contribution in [3.05, 3.63) is 29.3 Å². The Morgan fingerprint density at radius 1 is 1.26 bits per heavy atom. The van der Waals surface area contributed by atoms with Crippen LogP contribution in [-0.4, -0.2) is 56.9 Å². The van der Waals surface area contributed by atoms with E-state index in [9.17, 15) is 4.79 Å². The van der Waals surface area contributed by atoms with E-state index in [1.54, 1.807) is 12.3 Å². The molecule has 4 heterocycles. The first kappa shape index (κ1) is 14.6. The van der Waals surface area contributed by atoms with Crippen molar-refractivity contribution in [2.45, 2.75) is 18.9 Å². The average Bonchev–Trinajstić information content (AvgIpc) is 3.18. The van der Waals surface area contributed by atoms with Gasteiger partial charge in [-0.25, -0.2) is 4.98 Å². The van der Waals surface area contributed by atoms with Crippen LogP contribution >= 0.6 is 11.6 Å². The zero-order chi connectivity index (χ0) is 15.8. The zero-order valence-corrected chi connectivity index (χ0v) is 13.2. The van der Waals surface area contributed by atoms with Crippen LogP contribution in [-0.2, 0) is 16.0 Å². The van der Waals surface area contributed by atoms with Crippen molar-refractivity contribution < 1.29 is 9.53 Å². The van der Waals surface area contributed by atoms with Crippen molar-refractivity contribution in [1.82, 2.24) is 24.6 Å². The fraction of sp³-hybridized carbons (Fsp3) is 0.467. The Balaban J connectivity index is 1.66. The van der Waals surface area contributed by atoms with Crippen LogP contribution in [0.15, 0.2) is 18.3 Å². The van der Waals surface area contributed by atoms with E-state index in [2.05, 4.69) is 15.2 Å². The third-order valence-corrected chi connectivity index (χ3v) is 4.54. The first-order valence-electron chi connectivity index (χ1n) is 7.66. The van der Waals surface area contributed by atoms with Gasteiger partial charge in [0.15, 0.2) is 5.82 Å². The second-order valence-corrected chi connectivity index (χ2v) is 6.06. The standard InChI is InChI=1S/C15H16ClN5O2/c16-12-3-1-10(9-17-12)14-19-18-13-4-2-11(21(13)14)15(22)20-5-7-23-8-6-20/h1,3,9,11H,2,4-8H2. The molecule has 7 nitrogen and oxygen atoms in total. The Morgan fingerprint density at radius 3 is 2.83 bits per heavy atom. The molecule has 1 saturated heterocycles. The molecule has 4 rings (SSSR count). The summed E-state index contributed by atoms with van der Waals surface area (Å²) in [4.78, 5) is 18.8. The van der Waals surface area contributed by atoms with Crippen LogP contribution in [0.25, 0.3) is 11.4 Å². The van der Waals surface area contributed by atoms with Gasteiger partial charge >= 0.3 is 0 Å². The summed E-state index contributed by atoms with van der Waals surface area (Å²) in [5.41, 5.74) is 0.815. The Kier molecular flexibility index (Phi) is 3.74. The summed E-state index contributed by atoms with van der Waals surface area (Å²) < 4.78 is 7.27. The quantitative estimate of drug-likeness (QED) is 0.775. The van der Waals surface area contributed by atoms with E-state index in [-0.39, 0.29) is 11.9 Å². The maximum absolute atomic E-state index is 12.9. The Hall–Kier alpha value is -1.99. The largest absolute Gasteiger partial charge is 0.378 e. The molecule has 1 atom stereocenters. The molecule has 0 saturated carbocycles. The van der Waals surface area contributed by atoms with Crippen molar-refractivity contribution >= 4 is 17.5 Å². The molecule has 8 heteroatoms. The molecular weight excluding hydrogens is 318 g/mol. The molecule has 2 aromatic heterocycles. The second-order valence-electron chi connectivity index (χ2n) is 5.67. The summed E-state index contributed by atoms with van der Waals surface area (Å²) in [6, 6.07) is 3.32. The zero-order valence-electron chi connectivity index (χ0n) is 12.5. The predicted octanol–water partition coefficient (Wildman–Crippen LogP) is 1.34. The topological polar surface area (TPSA) is 73.1 Å². The van der Waals surface area contributed by atoms with Gasteiger partial charge in [0.25, 0.3) is 0 Å². The molecule has 120 valence electrons. The van der Waals surface area contributed by atoms with Crippen molar-refractivity contribution in [3.8, 4) is 11.4 Å². The highest BCUT2D eigenvalue weighted by Crippen LogP contribution is 2.32. The van der Waals surface area contributed by atoms with E-state index in [1.807, 2.05) is 15.5 Å². The third kappa shape index (κ3) is 2.60. The first-order chi connectivity index (χ1) is 11.2. The predicted molar refractivity (Wildman–Crippen MR) is 83.0 cm³/mol. The lowest BCUT2D eigenvalue weighted by Gasteiger charge is -2.29. The number of halogens is 1. The van der Waals surface area contributed by atoms with Crippen LogP contribution in [0, 0.1) is 0 Å². The van der Waals surface area contributed by atoms with Crippen molar-refractivity contribution in [1.29, 1.82) is 0 Å². The van der Waals surface area contributed by atoms with Crippen LogP contribution in [0.1, 0.15) is 18.3 Å². The molecule has 2 aromatic rings. The Bertz CT molecular complexity index is 724. The number of hydrogen-bond donors (Lipinski definition) is 0. The number of carbonyl (C=O) groups excluding carboxylic acids is 1. The van der Waals surface area contributed by atoms with Gasteiger partial charge in [0.2, 0.25) is 5.91 Å². The van der Waals surface area contributed by atoms with Gasteiger partial charge in [-0.15, -0.1) is 10.2 Å². The van der Waals surface area contributed by atoms with Crippen LogP contribution < -0.4 is 0 Å². The number of ether oxygens (including phenoxy) is 1. The van der Waals surface area contributed by atoms with E-state index in [0.717, 1.165) is 24.2 Å². The number of carbonyl (C=O) groups is 1. The molecule has 1 unspecified atom stereocenters. The smallest absolute Gasteiger partial charge is 0.245 e. The molecular formula is C15H16ClN5O2. The fourth-order valence-electron chi connectivity index (χ4n) is 3.15. The number of amides is 1. The highest BCUT2D eigenvalue weighted by Gasteiger charge is 2.35. The minimum Gasteiger partial charge on any atom is -0.378 e. The van der Waals surface area contributed by atoms with Gasteiger partial charge in [0, 0.05) is 31.3 Å². The molecule has 1 fully saturated rings. The second kappa shape index (κ2) is 5.90. The number of aromatic nitrogens is 4. The monoisotopic (exact) mass is 333 g/mol. The van der Waals surface area contributed by atoms with Gasteiger partial charge in [-0.05, 0) is 18.6 Å². The number of nitrogens with zero attached hydrogens (tertiary/aromatic N) is 5. The fourth-order valence-corrected chi connectivity index (χ4v) is 3.26. The summed E-state index contributed by atoms with van der Waals surface area (Å²) in [5.74, 6) is 1.64. The number of aryl methyl sites for hydroxylation is 1. The van der Waals surface area contributed by atoms with Gasteiger partial charge in [0.05, 0.1) is 13.2 Å². The van der Waals surface area contributed by atoms with Crippen LogP contribution in [0.3, 0.4) is 0 Å². The average molecular weight is 334 g/mol. The summed E-state index contributed by atoms with van der Waals surface area (Å²) >= 11 is 5.84. The van der Waals surface area contributed by atoms with Crippen LogP contribution in [0.5, 0.6) is 0 Å². The molecule has 0 aliphatic carbocycles. The summed E-state index contributed by atoms with van der Waals surface area (Å²) in [6.45, 7) is 2.48. The van der Waals surface area contributed by atoms with E-state index in [0.29, 0.717) is 37.3 Å². The molecule has 0 N–H and O–H groups in total. The molecule has 2 aliphatic heterocycles. The Labute approximate surface area is 138 Å². The van der Waals surface area contributed by atoms with Gasteiger partial charge in [0.1, 0.15) is 17.0 Å². The molecule has 2 aliphatic rings. The number of morpholine rings is 1. The highest BCUT2D eigenvalue weighted by molar-refractivity contribution is 6.29. The van der Waals surface area contributed by atoms with Crippen molar-refractivity contribution in [2.75, 3.05) is 26.3 Å². The van der Waals surface area contributed by atoms with Crippen LogP contribution in [0.2, 0.25) is 5.15 Å². The lowest BCUT2D eigenvalue weighted by molar-refractivity contribution is -0.138. The highest BCUT2D eigenvalue weighted by atomic mass is 35.5. The minimum atomic E-state index is -0.247. The summed E-state index contributed by atoms with van der Waals surface area (Å²) in [6.07, 6.45) is 3.18. The molecule has 0 aromatic carbocycles. The van der Waals surface area contributed by atoms with Gasteiger partial charge in [-0.1, -0.05) is 11.6 Å². The number of fused-ring (bicyclic) bond motifs is 1. The van der Waals surface area contributed by atoms with E-state index >= 15 is 0 Å². The first-order valence-corrected chi connectivity index (χ1v) is 8.04. The Morgan fingerprint density at radius 2 is 2.09 bits per heavy atom. The van der Waals surface area contributed by atoms with Gasteiger partial charge in [-0.2, -0.15) is 0 Å². The van der Waals surface area contributed by atoms with E-state index < -0.39 is 0 Å². The number of hydrogen-bond acceptors (Lipinski definition) is 5. The maximum Gasteiger partial charge on any atom is 0.245 e. The van der Waals surface area contributed by atoms with Gasteiger partial charge < -0.3 is 9.64 Å². The third-order valence-electron chi connectivity index (χ3n) is 4.31. The normalized spacial score (nSPS) is 20.6. The minimum absolute atomic E-state index is 0.120. The molecule has 0 radical (unpaired) electrons. The lowest BCUT2D eigenvalue weighted by atomic mass is 10.1. The molecule has 1 amide bonds. The molecule has 0 bridgehead atoms. The SMILES string of the molecule is O=C(C1CCc2nnc(-c3ccc(Cl)nc3)n21)N1CCOCC1.